The van der Waals surface area contributed by atoms with Gasteiger partial charge in [-0.15, -0.1) is 0 Å². The van der Waals surface area contributed by atoms with Crippen molar-refractivity contribution in [3.8, 4) is 11.1 Å². The highest BCUT2D eigenvalue weighted by molar-refractivity contribution is 6.33. The van der Waals surface area contributed by atoms with Crippen molar-refractivity contribution in [2.24, 2.45) is 7.05 Å². The first-order chi connectivity index (χ1) is 15.5. The molecule has 1 atom stereocenters. The molecular weight excluding hydrogens is 430 g/mol. The summed E-state index contributed by atoms with van der Waals surface area (Å²) in [6.07, 6.45) is 5.07. The summed E-state index contributed by atoms with van der Waals surface area (Å²) in [5.41, 5.74) is 2.25. The number of nitrogens with zero attached hydrogens (tertiary/aromatic N) is 4. The number of hydrogen-bond acceptors (Lipinski definition) is 6. The number of aromatic nitrogens is 3. The third-order valence-electron chi connectivity index (χ3n) is 5.58. The van der Waals surface area contributed by atoms with Crippen LogP contribution in [0.25, 0.3) is 11.1 Å². The Bertz CT molecular complexity index is 1120. The highest BCUT2D eigenvalue weighted by Gasteiger charge is 2.30. The molecule has 0 radical (unpaired) electrons. The van der Waals surface area contributed by atoms with E-state index in [9.17, 15) is 9.59 Å². The Morgan fingerprint density at radius 1 is 1.25 bits per heavy atom. The van der Waals surface area contributed by atoms with Gasteiger partial charge in [0.25, 0.3) is 5.91 Å². The Balaban J connectivity index is 1.67. The van der Waals surface area contributed by atoms with Crippen molar-refractivity contribution in [2.75, 3.05) is 25.1 Å². The third-order valence-corrected chi connectivity index (χ3v) is 5.88. The second kappa shape index (κ2) is 9.50. The second-order valence-electron chi connectivity index (χ2n) is 7.58. The lowest BCUT2D eigenvalue weighted by atomic mass is 10.0. The van der Waals surface area contributed by atoms with Gasteiger partial charge in [0, 0.05) is 30.9 Å². The average Bonchev–Trinajstić information content (AvgIpc) is 3.22. The van der Waals surface area contributed by atoms with Gasteiger partial charge >= 0.3 is 5.97 Å². The van der Waals surface area contributed by atoms with Crippen LogP contribution in [0.2, 0.25) is 5.02 Å². The van der Waals surface area contributed by atoms with Gasteiger partial charge in [0.15, 0.2) is 11.5 Å². The van der Waals surface area contributed by atoms with Crippen molar-refractivity contribution in [3.63, 3.8) is 0 Å². The van der Waals surface area contributed by atoms with Crippen LogP contribution < -0.4 is 10.2 Å². The Hall–Kier alpha value is -3.23. The van der Waals surface area contributed by atoms with Gasteiger partial charge in [-0.05, 0) is 49.2 Å². The number of ether oxygens (including phenoxy) is 1. The molecule has 8 nitrogen and oxygen atoms in total. The fraction of sp³-hybridized carbons (Fsp3) is 0.304. The number of pyridine rings is 1. The largest absolute Gasteiger partial charge is 0.464 e. The van der Waals surface area contributed by atoms with Gasteiger partial charge in [-0.25, -0.2) is 9.78 Å². The van der Waals surface area contributed by atoms with E-state index in [-0.39, 0.29) is 11.9 Å². The first kappa shape index (κ1) is 22.0. The Kier molecular flexibility index (Phi) is 6.53. The summed E-state index contributed by atoms with van der Waals surface area (Å²) in [7, 11) is 3.01. The minimum atomic E-state index is -0.471. The number of halogens is 1. The van der Waals surface area contributed by atoms with Crippen molar-refractivity contribution < 1.29 is 14.3 Å². The minimum Gasteiger partial charge on any atom is -0.464 e. The van der Waals surface area contributed by atoms with E-state index in [1.807, 2.05) is 0 Å². The number of hydrogen-bond donors (Lipinski definition) is 1. The molecule has 1 aliphatic rings. The summed E-state index contributed by atoms with van der Waals surface area (Å²) >= 11 is 6.41. The molecule has 9 heteroatoms. The molecule has 166 valence electrons. The molecule has 3 aromatic rings. The SMILES string of the molecule is COC(=O)c1c(-c2ccc(C(=O)N(c3ncccc3Cl)[C@@H]3CCCNC3)cc2)cnn1C. The standard InChI is InChI=1S/C23H24ClN5O3/c1-28-20(23(31)32-2)18(14-27-28)15-7-9-16(10-8-15)22(30)29(17-5-3-11-25-13-17)21-19(24)6-4-12-26-21/h4,6-10,12,14,17,25H,3,5,11,13H2,1-2H3/t17-/m1/s1. The monoisotopic (exact) mass is 453 g/mol. The van der Waals surface area contributed by atoms with E-state index in [0.29, 0.717) is 34.2 Å². The maximum Gasteiger partial charge on any atom is 0.356 e. The van der Waals surface area contributed by atoms with Gasteiger partial charge in [-0.3, -0.25) is 14.4 Å². The maximum absolute atomic E-state index is 13.6. The summed E-state index contributed by atoms with van der Waals surface area (Å²) in [6.45, 7) is 1.60. The molecular formula is C23H24ClN5O3. The quantitative estimate of drug-likeness (QED) is 0.596. The Morgan fingerprint density at radius 2 is 2.03 bits per heavy atom. The summed E-state index contributed by atoms with van der Waals surface area (Å²) in [6, 6.07) is 10.5. The molecule has 1 fully saturated rings. The van der Waals surface area contributed by atoms with Crippen LogP contribution in [-0.2, 0) is 11.8 Å². The molecule has 0 unspecified atom stereocenters. The molecule has 1 saturated heterocycles. The van der Waals surface area contributed by atoms with E-state index >= 15 is 0 Å². The topological polar surface area (TPSA) is 89.3 Å². The Morgan fingerprint density at radius 3 is 2.69 bits per heavy atom. The summed E-state index contributed by atoms with van der Waals surface area (Å²) in [5.74, 6) is -0.191. The van der Waals surface area contributed by atoms with Crippen molar-refractivity contribution in [1.82, 2.24) is 20.1 Å². The van der Waals surface area contributed by atoms with Gasteiger partial charge in [0.05, 0.1) is 24.4 Å². The van der Waals surface area contributed by atoms with E-state index < -0.39 is 5.97 Å². The molecule has 0 bridgehead atoms. The first-order valence-corrected chi connectivity index (χ1v) is 10.7. The summed E-state index contributed by atoms with van der Waals surface area (Å²) in [5, 5.41) is 7.95. The maximum atomic E-state index is 13.6. The number of nitrogens with one attached hydrogen (secondary N) is 1. The van der Waals surface area contributed by atoms with E-state index in [1.165, 1.54) is 11.8 Å². The molecule has 2 aromatic heterocycles. The number of anilines is 1. The molecule has 0 aliphatic carbocycles. The predicted molar refractivity (Wildman–Crippen MR) is 122 cm³/mol. The number of amides is 1. The minimum absolute atomic E-state index is 0.0485. The van der Waals surface area contributed by atoms with Crippen molar-refractivity contribution in [1.29, 1.82) is 0 Å². The van der Waals surface area contributed by atoms with Crippen molar-refractivity contribution in [3.05, 3.63) is 65.1 Å². The number of aryl methyl sites for hydroxylation is 1. The molecule has 0 saturated carbocycles. The van der Waals surface area contributed by atoms with Crippen LogP contribution >= 0.6 is 11.6 Å². The van der Waals surface area contributed by atoms with Gasteiger partial charge in [0.1, 0.15) is 0 Å². The van der Waals surface area contributed by atoms with E-state index in [1.54, 1.807) is 60.7 Å². The average molecular weight is 454 g/mol. The van der Waals surface area contributed by atoms with Gasteiger partial charge in [-0.2, -0.15) is 5.10 Å². The molecule has 3 heterocycles. The molecule has 4 rings (SSSR count). The van der Waals surface area contributed by atoms with Gasteiger partial charge < -0.3 is 10.1 Å². The number of esters is 1. The van der Waals surface area contributed by atoms with Crippen LogP contribution in [0.4, 0.5) is 5.82 Å². The number of piperidine rings is 1. The lowest BCUT2D eigenvalue weighted by molar-refractivity contribution is 0.0589. The van der Waals surface area contributed by atoms with Gasteiger partial charge in [0.2, 0.25) is 0 Å². The summed E-state index contributed by atoms with van der Waals surface area (Å²) in [4.78, 5) is 31.8. The van der Waals surface area contributed by atoms with Crippen LogP contribution in [0.1, 0.15) is 33.7 Å². The van der Waals surface area contributed by atoms with E-state index in [4.69, 9.17) is 16.3 Å². The second-order valence-corrected chi connectivity index (χ2v) is 7.99. The lowest BCUT2D eigenvalue weighted by Crippen LogP contribution is -2.49. The molecule has 1 amide bonds. The van der Waals surface area contributed by atoms with E-state index in [0.717, 1.165) is 24.9 Å². The molecule has 0 spiro atoms. The van der Waals surface area contributed by atoms with Crippen molar-refractivity contribution in [2.45, 2.75) is 18.9 Å². The fourth-order valence-corrected chi connectivity index (χ4v) is 4.17. The zero-order chi connectivity index (χ0) is 22.7. The first-order valence-electron chi connectivity index (χ1n) is 10.4. The molecule has 1 aliphatic heterocycles. The predicted octanol–water partition coefficient (Wildman–Crippen LogP) is 3.32. The lowest BCUT2D eigenvalue weighted by Gasteiger charge is -2.34. The molecule has 1 N–H and O–H groups in total. The highest BCUT2D eigenvalue weighted by Crippen LogP contribution is 2.29. The summed E-state index contributed by atoms with van der Waals surface area (Å²) < 4.78 is 6.35. The number of carbonyl (C=O) groups excluding carboxylic acids is 2. The zero-order valence-electron chi connectivity index (χ0n) is 17.9. The van der Waals surface area contributed by atoms with Crippen LogP contribution in [0.5, 0.6) is 0 Å². The van der Waals surface area contributed by atoms with Crippen LogP contribution in [0.3, 0.4) is 0 Å². The van der Waals surface area contributed by atoms with Gasteiger partial charge in [-0.1, -0.05) is 23.7 Å². The van der Waals surface area contributed by atoms with Crippen LogP contribution in [-0.4, -0.2) is 52.9 Å². The Labute approximate surface area is 191 Å². The number of carbonyl (C=O) groups is 2. The normalized spacial score (nSPS) is 15.9. The van der Waals surface area contributed by atoms with Crippen molar-refractivity contribution >= 4 is 29.3 Å². The van der Waals surface area contributed by atoms with E-state index in [2.05, 4.69) is 15.4 Å². The number of methoxy groups -OCH3 is 1. The fourth-order valence-electron chi connectivity index (χ4n) is 3.96. The smallest absolute Gasteiger partial charge is 0.356 e. The zero-order valence-corrected chi connectivity index (χ0v) is 18.7. The highest BCUT2D eigenvalue weighted by atomic mass is 35.5. The molecule has 1 aromatic carbocycles. The third kappa shape index (κ3) is 4.24. The van der Waals surface area contributed by atoms with Crippen LogP contribution in [0, 0.1) is 0 Å². The van der Waals surface area contributed by atoms with Crippen LogP contribution in [0.15, 0.2) is 48.8 Å². The number of rotatable bonds is 5. The number of benzene rings is 1. The molecule has 32 heavy (non-hydrogen) atoms.